The fourth-order valence-corrected chi connectivity index (χ4v) is 4.58. The molecule has 0 heterocycles. The first-order valence-electron chi connectivity index (χ1n) is 14.3. The number of aliphatic carboxylic acids is 1. The van der Waals surface area contributed by atoms with Gasteiger partial charge in [0.25, 0.3) is 0 Å². The maximum atomic E-state index is 13.1. The monoisotopic (exact) mass is 622 g/mol. The summed E-state index contributed by atoms with van der Waals surface area (Å²) in [6.07, 6.45) is 2.25. The number of alkyl halides is 2. The highest BCUT2D eigenvalue weighted by Crippen LogP contribution is 2.34. The number of nitrogens with zero attached hydrogens (tertiary/aromatic N) is 2. The molecule has 0 bridgehead atoms. The Bertz CT molecular complexity index is 1510. The van der Waals surface area contributed by atoms with Crippen molar-refractivity contribution in [3.63, 3.8) is 0 Å². The lowest BCUT2D eigenvalue weighted by Gasteiger charge is -2.22. The Morgan fingerprint density at radius 2 is 1.76 bits per heavy atom. The lowest BCUT2D eigenvalue weighted by Crippen LogP contribution is -2.21. The molecule has 3 aromatic carbocycles. The standard InChI is InChI=1S/C33H36F2N4O6/c1-4-5-14-44-29-12-8-23(31(32(42)43)38-25-9-6-22(18-36)7-10-25)17-27(29)21(2)15-30(41)37-26-11-13-28(45-33(34)35)24(16-26)19-39(3)20-40/h6-13,16-17,20-21,31,33,38H,4-5,14-15,19H2,1-3H3,(H,37,41)(H,42,43)/t21-,31?/m1/s1. The molecule has 0 aromatic heterocycles. The van der Waals surface area contributed by atoms with Crippen LogP contribution in [0.5, 0.6) is 11.5 Å². The van der Waals surface area contributed by atoms with Gasteiger partial charge in [-0.15, -0.1) is 0 Å². The average Bonchev–Trinajstić information content (AvgIpc) is 3.01. The summed E-state index contributed by atoms with van der Waals surface area (Å²) in [5.41, 5.74) is 2.65. The number of carbonyl (C=O) groups is 3. The summed E-state index contributed by atoms with van der Waals surface area (Å²) < 4.78 is 36.4. The Balaban J connectivity index is 1.85. The van der Waals surface area contributed by atoms with Gasteiger partial charge in [-0.3, -0.25) is 9.59 Å². The maximum absolute atomic E-state index is 13.1. The van der Waals surface area contributed by atoms with Crippen molar-refractivity contribution < 1.29 is 37.7 Å². The Morgan fingerprint density at radius 3 is 2.38 bits per heavy atom. The normalized spacial score (nSPS) is 12.0. The van der Waals surface area contributed by atoms with E-state index < -0.39 is 24.5 Å². The van der Waals surface area contributed by atoms with Crippen molar-refractivity contribution in [1.29, 1.82) is 5.26 Å². The molecule has 2 amide bonds. The number of carbonyl (C=O) groups excluding carboxylic acids is 2. The molecular formula is C33H36F2N4O6. The van der Waals surface area contributed by atoms with Crippen LogP contribution in [0.15, 0.2) is 60.7 Å². The number of hydrogen-bond donors (Lipinski definition) is 3. The minimum atomic E-state index is -3.06. The Hall–Kier alpha value is -5.18. The lowest BCUT2D eigenvalue weighted by atomic mass is 9.92. The van der Waals surface area contributed by atoms with Crippen molar-refractivity contribution in [3.8, 4) is 17.6 Å². The third-order valence-electron chi connectivity index (χ3n) is 6.88. The molecule has 3 N–H and O–H groups in total. The lowest BCUT2D eigenvalue weighted by molar-refractivity contribution is -0.138. The van der Waals surface area contributed by atoms with Gasteiger partial charge in [-0.1, -0.05) is 26.3 Å². The summed E-state index contributed by atoms with van der Waals surface area (Å²) in [6, 6.07) is 16.6. The van der Waals surface area contributed by atoms with Crippen LogP contribution in [-0.2, 0) is 20.9 Å². The van der Waals surface area contributed by atoms with Gasteiger partial charge in [-0.05, 0) is 78.1 Å². The van der Waals surface area contributed by atoms with Crippen molar-refractivity contribution in [1.82, 2.24) is 4.90 Å². The molecule has 10 nitrogen and oxygen atoms in total. The summed E-state index contributed by atoms with van der Waals surface area (Å²) in [5, 5.41) is 24.8. The summed E-state index contributed by atoms with van der Waals surface area (Å²) in [5.74, 6) is -1.49. The molecule has 45 heavy (non-hydrogen) atoms. The SMILES string of the molecule is CCCCOc1ccc(C(Nc2ccc(C#N)cc2)C(=O)O)cc1[C@H](C)CC(=O)Nc1ccc(OC(F)F)c(CN(C)C=O)c1. The van der Waals surface area contributed by atoms with Gasteiger partial charge in [0.2, 0.25) is 12.3 Å². The van der Waals surface area contributed by atoms with Crippen LogP contribution in [0.25, 0.3) is 0 Å². The second kappa shape index (κ2) is 16.6. The molecule has 1 unspecified atom stereocenters. The molecule has 2 atom stereocenters. The third-order valence-corrected chi connectivity index (χ3v) is 6.88. The highest BCUT2D eigenvalue weighted by Gasteiger charge is 2.24. The molecule has 3 rings (SSSR count). The molecule has 0 fully saturated rings. The van der Waals surface area contributed by atoms with E-state index >= 15 is 0 Å². The van der Waals surface area contributed by atoms with E-state index in [9.17, 15) is 28.3 Å². The van der Waals surface area contributed by atoms with Gasteiger partial charge in [0.05, 0.1) is 18.2 Å². The van der Waals surface area contributed by atoms with Gasteiger partial charge in [-0.2, -0.15) is 14.0 Å². The van der Waals surface area contributed by atoms with Crippen molar-refractivity contribution >= 4 is 29.7 Å². The summed E-state index contributed by atoms with van der Waals surface area (Å²) >= 11 is 0. The number of nitriles is 1. The van der Waals surface area contributed by atoms with E-state index in [0.717, 1.165) is 12.8 Å². The predicted molar refractivity (Wildman–Crippen MR) is 164 cm³/mol. The minimum Gasteiger partial charge on any atom is -0.493 e. The van der Waals surface area contributed by atoms with E-state index in [0.29, 0.717) is 46.8 Å². The number of anilines is 2. The highest BCUT2D eigenvalue weighted by molar-refractivity contribution is 5.91. The first-order valence-corrected chi connectivity index (χ1v) is 14.3. The number of amides is 2. The van der Waals surface area contributed by atoms with Gasteiger partial charge < -0.3 is 30.1 Å². The second-order valence-corrected chi connectivity index (χ2v) is 10.5. The molecule has 12 heteroatoms. The van der Waals surface area contributed by atoms with E-state index in [1.54, 1.807) is 42.5 Å². The Morgan fingerprint density at radius 1 is 1.07 bits per heavy atom. The number of carboxylic acids is 1. The fraction of sp³-hybridized carbons (Fsp3) is 0.333. The molecule has 0 saturated heterocycles. The van der Waals surface area contributed by atoms with Gasteiger partial charge in [-0.25, -0.2) is 4.79 Å². The first kappa shape index (κ1) is 34.3. The van der Waals surface area contributed by atoms with Crippen LogP contribution in [0.4, 0.5) is 20.2 Å². The maximum Gasteiger partial charge on any atom is 0.387 e. The second-order valence-electron chi connectivity index (χ2n) is 10.5. The van der Waals surface area contributed by atoms with Crippen molar-refractivity contribution in [2.24, 2.45) is 0 Å². The van der Waals surface area contributed by atoms with E-state index in [-0.39, 0.29) is 30.2 Å². The summed E-state index contributed by atoms with van der Waals surface area (Å²) in [6.45, 7) is 1.22. The van der Waals surface area contributed by atoms with Crippen LogP contribution in [0.3, 0.4) is 0 Å². The quantitative estimate of drug-likeness (QED) is 0.118. The van der Waals surface area contributed by atoms with Crippen LogP contribution in [0.1, 0.15) is 67.3 Å². The molecule has 238 valence electrons. The number of hydrogen-bond acceptors (Lipinski definition) is 7. The molecule has 0 spiro atoms. The van der Waals surface area contributed by atoms with E-state index in [4.69, 9.17) is 10.00 Å². The van der Waals surface area contributed by atoms with Gasteiger partial charge in [0.1, 0.15) is 11.5 Å². The minimum absolute atomic E-state index is 0.00671. The van der Waals surface area contributed by atoms with Gasteiger partial charge in [0.15, 0.2) is 6.04 Å². The molecule has 0 radical (unpaired) electrons. The van der Waals surface area contributed by atoms with Crippen LogP contribution < -0.4 is 20.1 Å². The van der Waals surface area contributed by atoms with Crippen molar-refractivity contribution in [2.45, 2.75) is 58.2 Å². The number of halogens is 2. The molecular weight excluding hydrogens is 586 g/mol. The summed E-state index contributed by atoms with van der Waals surface area (Å²) in [4.78, 5) is 37.8. The average molecular weight is 623 g/mol. The third kappa shape index (κ3) is 10.2. The van der Waals surface area contributed by atoms with Gasteiger partial charge in [0, 0.05) is 37.0 Å². The largest absolute Gasteiger partial charge is 0.493 e. The number of ether oxygens (including phenoxy) is 2. The van der Waals surface area contributed by atoms with Crippen molar-refractivity contribution in [2.75, 3.05) is 24.3 Å². The zero-order valence-corrected chi connectivity index (χ0v) is 25.3. The number of carboxylic acid groups (broad SMARTS) is 1. The first-order chi connectivity index (χ1) is 21.5. The van der Waals surface area contributed by atoms with Crippen LogP contribution in [-0.4, -0.2) is 48.6 Å². The van der Waals surface area contributed by atoms with Gasteiger partial charge >= 0.3 is 12.6 Å². The Labute approximate surface area is 260 Å². The number of unbranched alkanes of at least 4 members (excludes halogenated alkanes) is 1. The van der Waals surface area contributed by atoms with E-state index in [1.165, 1.54) is 30.1 Å². The molecule has 0 saturated carbocycles. The molecule has 0 aliphatic carbocycles. The van der Waals surface area contributed by atoms with Crippen molar-refractivity contribution in [3.05, 3.63) is 82.9 Å². The Kier molecular flexibility index (Phi) is 12.7. The topological polar surface area (TPSA) is 141 Å². The zero-order chi connectivity index (χ0) is 32.9. The summed E-state index contributed by atoms with van der Waals surface area (Å²) in [7, 11) is 1.48. The number of benzene rings is 3. The highest BCUT2D eigenvalue weighted by atomic mass is 19.3. The van der Waals surface area contributed by atoms with E-state index in [2.05, 4.69) is 15.4 Å². The fourth-order valence-electron chi connectivity index (χ4n) is 4.58. The molecule has 0 aliphatic rings. The predicted octanol–water partition coefficient (Wildman–Crippen LogP) is 6.30. The molecule has 3 aromatic rings. The van der Waals surface area contributed by atoms with Crippen LogP contribution >= 0.6 is 0 Å². The van der Waals surface area contributed by atoms with Crippen LogP contribution in [0, 0.1) is 11.3 Å². The molecule has 0 aliphatic heterocycles. The number of nitrogens with one attached hydrogen (secondary N) is 2. The van der Waals surface area contributed by atoms with E-state index in [1.807, 2.05) is 19.9 Å². The smallest absolute Gasteiger partial charge is 0.387 e. The number of rotatable bonds is 17. The zero-order valence-electron chi connectivity index (χ0n) is 25.3. The van der Waals surface area contributed by atoms with Crippen LogP contribution in [0.2, 0.25) is 0 Å².